The van der Waals surface area contributed by atoms with Gasteiger partial charge >= 0.3 is 24.7 Å². The minimum Gasteiger partial charge on any atom is -0.166 e. The first kappa shape index (κ1) is 40.8. The van der Waals surface area contributed by atoms with E-state index in [-0.39, 0.29) is 12.1 Å². The molecule has 285 valence electrons. The Morgan fingerprint density at radius 1 is 0.436 bits per heavy atom. The van der Waals surface area contributed by atoms with Gasteiger partial charge in [0.1, 0.15) is 0 Å². The van der Waals surface area contributed by atoms with E-state index in [1.165, 1.54) is 13.3 Å². The fraction of sp³-hybridized carbons (Fsp3) is 0.146. The number of hydrogen-bond donors (Lipinski definition) is 0. The van der Waals surface area contributed by atoms with Crippen molar-refractivity contribution in [3.05, 3.63) is 180 Å². The Kier molecular flexibility index (Phi) is 11.5. The standard InChI is InChI=1S/C41H27F12P2/c1-25(34-16-10-17-35(34)36-15-8-9-18-37(36)55(30-11-4-2-5-12-30)31-13-6-3-7-14-31)54(32-21-26(38(42,43)44)19-27(22-32)39(45,46)47)33-23-28(40(48,49)50)20-29(24-33)41(51,52)53/h2-25H,1H3/t25-/m0/s1. The van der Waals surface area contributed by atoms with Crippen molar-refractivity contribution in [1.29, 1.82) is 0 Å². The highest BCUT2D eigenvalue weighted by Crippen LogP contribution is 2.54. The van der Waals surface area contributed by atoms with Gasteiger partial charge in [0.2, 0.25) is 0 Å². The SMILES string of the molecule is C[C@@H]([C]1[CH][CH][CH][C]1c1ccccc1P(c1ccccc1)c1ccccc1)P(c1cc(C(F)(F)F)cc(C(F)(F)F)c1)c1cc(C(F)(F)F)cc(C(F)(F)F)c1. The monoisotopic (exact) mass is 809 g/mol. The third kappa shape index (κ3) is 9.07. The average molecular weight is 810 g/mol. The van der Waals surface area contributed by atoms with Crippen LogP contribution in [0.1, 0.15) is 34.7 Å². The highest BCUT2D eigenvalue weighted by molar-refractivity contribution is 7.80. The van der Waals surface area contributed by atoms with E-state index in [2.05, 4.69) is 0 Å². The van der Waals surface area contributed by atoms with E-state index in [0.29, 0.717) is 41.7 Å². The van der Waals surface area contributed by atoms with Crippen LogP contribution in [-0.4, -0.2) is 5.66 Å². The molecule has 0 unspecified atom stereocenters. The zero-order valence-electron chi connectivity index (χ0n) is 28.3. The summed E-state index contributed by atoms with van der Waals surface area (Å²) < 4.78 is 170. The fourth-order valence-corrected chi connectivity index (χ4v) is 11.7. The Balaban J connectivity index is 1.56. The highest BCUT2D eigenvalue weighted by atomic mass is 31.1. The Morgan fingerprint density at radius 3 is 1.22 bits per heavy atom. The van der Waals surface area contributed by atoms with Gasteiger partial charge in [0, 0.05) is 5.92 Å². The molecule has 1 aliphatic carbocycles. The van der Waals surface area contributed by atoms with Gasteiger partial charge in [-0.1, -0.05) is 91.9 Å². The van der Waals surface area contributed by atoms with Crippen LogP contribution in [-0.2, 0) is 24.7 Å². The maximum atomic E-state index is 14.1. The van der Waals surface area contributed by atoms with E-state index in [9.17, 15) is 52.7 Å². The smallest absolute Gasteiger partial charge is 0.166 e. The van der Waals surface area contributed by atoms with Gasteiger partial charge in [0.25, 0.3) is 0 Å². The molecule has 0 nitrogen and oxygen atoms in total. The molecule has 14 heteroatoms. The Hall–Kier alpha value is -3.88. The first-order valence-electron chi connectivity index (χ1n) is 16.4. The number of hydrogen-bond acceptors (Lipinski definition) is 0. The first-order valence-corrected chi connectivity index (χ1v) is 19.1. The summed E-state index contributed by atoms with van der Waals surface area (Å²) in [6.45, 7) is 1.39. The highest BCUT2D eigenvalue weighted by Gasteiger charge is 2.44. The molecule has 0 N–H and O–H groups in total. The number of rotatable bonds is 8. The van der Waals surface area contributed by atoms with Crippen LogP contribution in [0.5, 0.6) is 0 Å². The normalized spacial score (nSPS) is 15.6. The van der Waals surface area contributed by atoms with Crippen LogP contribution >= 0.6 is 15.8 Å². The molecular weight excluding hydrogens is 782 g/mol. The largest absolute Gasteiger partial charge is 0.416 e. The molecule has 0 spiro atoms. The zero-order chi connectivity index (χ0) is 39.9. The molecule has 1 saturated carbocycles. The molecule has 0 aliphatic heterocycles. The fourth-order valence-electron chi connectivity index (χ4n) is 6.41. The van der Waals surface area contributed by atoms with Crippen molar-refractivity contribution in [2.24, 2.45) is 0 Å². The summed E-state index contributed by atoms with van der Waals surface area (Å²) in [5.41, 5.74) is -7.56. The third-order valence-electron chi connectivity index (χ3n) is 8.85. The molecule has 5 aromatic rings. The summed E-state index contributed by atoms with van der Waals surface area (Å²) in [6, 6.07) is 27.4. The minimum atomic E-state index is -5.33. The van der Waals surface area contributed by atoms with Crippen molar-refractivity contribution in [2.75, 3.05) is 0 Å². The van der Waals surface area contributed by atoms with Gasteiger partial charge < -0.3 is 0 Å². The van der Waals surface area contributed by atoms with E-state index in [4.69, 9.17) is 0 Å². The molecular formula is C41H27F12P2. The molecule has 0 heterocycles. The lowest BCUT2D eigenvalue weighted by Crippen LogP contribution is -2.31. The molecule has 0 bridgehead atoms. The van der Waals surface area contributed by atoms with Crippen LogP contribution < -0.4 is 26.5 Å². The summed E-state index contributed by atoms with van der Waals surface area (Å²) in [4.78, 5) is 0. The second kappa shape index (κ2) is 15.6. The molecule has 0 amide bonds. The van der Waals surface area contributed by atoms with E-state index < -0.39 is 79.1 Å². The lowest BCUT2D eigenvalue weighted by molar-refractivity contribution is -0.144. The minimum absolute atomic E-state index is 0.130. The van der Waals surface area contributed by atoms with Crippen molar-refractivity contribution < 1.29 is 52.7 Å². The van der Waals surface area contributed by atoms with Crippen LogP contribution in [0.3, 0.4) is 0 Å². The second-order valence-corrected chi connectivity index (χ2v) is 17.2. The van der Waals surface area contributed by atoms with Crippen molar-refractivity contribution in [3.8, 4) is 0 Å². The van der Waals surface area contributed by atoms with E-state index in [0.717, 1.165) is 15.9 Å². The van der Waals surface area contributed by atoms with Crippen molar-refractivity contribution >= 4 is 42.4 Å². The number of alkyl halides is 12. The lowest BCUT2D eigenvalue weighted by Gasteiger charge is -2.35. The quantitative estimate of drug-likeness (QED) is 0.108. The summed E-state index contributed by atoms with van der Waals surface area (Å²) in [5.74, 6) is 0.785. The Bertz CT molecular complexity index is 1910. The van der Waals surface area contributed by atoms with Crippen LogP contribution in [0.4, 0.5) is 52.7 Å². The zero-order valence-corrected chi connectivity index (χ0v) is 30.1. The summed E-state index contributed by atoms with van der Waals surface area (Å²) in [5, 5.41) is 1.32. The lowest BCUT2D eigenvalue weighted by atomic mass is 9.87. The predicted molar refractivity (Wildman–Crippen MR) is 192 cm³/mol. The van der Waals surface area contributed by atoms with Gasteiger partial charge in [-0.25, -0.2) is 0 Å². The van der Waals surface area contributed by atoms with Gasteiger partial charge in [0.15, 0.2) is 0 Å². The second-order valence-electron chi connectivity index (χ2n) is 12.5. The molecule has 1 atom stereocenters. The van der Waals surface area contributed by atoms with Gasteiger partial charge in [-0.15, -0.1) is 0 Å². The molecule has 0 aromatic heterocycles. The van der Waals surface area contributed by atoms with E-state index >= 15 is 0 Å². The van der Waals surface area contributed by atoms with E-state index in [1.807, 2.05) is 72.8 Å². The maximum Gasteiger partial charge on any atom is 0.416 e. The maximum absolute atomic E-state index is 14.1. The Morgan fingerprint density at radius 2 is 0.818 bits per heavy atom. The van der Waals surface area contributed by atoms with Crippen molar-refractivity contribution in [3.63, 3.8) is 0 Å². The molecule has 55 heavy (non-hydrogen) atoms. The number of halogens is 12. The van der Waals surface area contributed by atoms with Crippen LogP contribution in [0.25, 0.3) is 0 Å². The first-order chi connectivity index (χ1) is 25.7. The van der Waals surface area contributed by atoms with Gasteiger partial charge in [0.05, 0.1) is 22.3 Å². The van der Waals surface area contributed by atoms with Crippen molar-refractivity contribution in [2.45, 2.75) is 37.3 Å². The molecule has 0 saturated heterocycles. The van der Waals surface area contributed by atoms with E-state index in [1.54, 1.807) is 25.0 Å². The topological polar surface area (TPSA) is 0 Å². The molecule has 1 aliphatic rings. The molecule has 5 aromatic carbocycles. The van der Waals surface area contributed by atoms with Crippen LogP contribution in [0, 0.1) is 31.1 Å². The van der Waals surface area contributed by atoms with Crippen LogP contribution in [0.2, 0.25) is 0 Å². The number of benzene rings is 5. The predicted octanol–water partition coefficient (Wildman–Crippen LogP) is 11.2. The van der Waals surface area contributed by atoms with Gasteiger partial charge in [-0.3, -0.25) is 0 Å². The molecule has 1 fully saturated rings. The van der Waals surface area contributed by atoms with Gasteiger partial charge in [-0.05, 0) is 115 Å². The van der Waals surface area contributed by atoms with Gasteiger partial charge in [-0.2, -0.15) is 52.7 Å². The summed E-state index contributed by atoms with van der Waals surface area (Å²) in [6.07, 6.45) is -16.5. The molecule has 6 rings (SSSR count). The summed E-state index contributed by atoms with van der Waals surface area (Å²) >= 11 is 0. The average Bonchev–Trinajstić information content (AvgIpc) is 3.61. The summed E-state index contributed by atoms with van der Waals surface area (Å²) in [7, 11) is -4.10. The van der Waals surface area contributed by atoms with Crippen molar-refractivity contribution in [1.82, 2.24) is 0 Å². The third-order valence-corrected chi connectivity index (χ3v) is 14.0. The Labute approximate surface area is 312 Å². The molecule has 5 radical (unpaired) electrons. The van der Waals surface area contributed by atoms with Crippen LogP contribution in [0.15, 0.2) is 121 Å².